The first-order valence-corrected chi connectivity index (χ1v) is 8.07. The van der Waals surface area contributed by atoms with Crippen LogP contribution in [0.3, 0.4) is 0 Å². The summed E-state index contributed by atoms with van der Waals surface area (Å²) in [5.41, 5.74) is 10.4. The first-order chi connectivity index (χ1) is 12.5. The van der Waals surface area contributed by atoms with E-state index in [1.54, 1.807) is 0 Å². The summed E-state index contributed by atoms with van der Waals surface area (Å²) in [5.74, 6) is -6.69. The largest absolute Gasteiger partial charge is 0.481 e. The zero-order valence-electron chi connectivity index (χ0n) is 14.0. The number of hydrogen-bond acceptors (Lipinski definition) is 8. The van der Waals surface area contributed by atoms with Crippen LogP contribution in [0.2, 0.25) is 0 Å². The minimum Gasteiger partial charge on any atom is -0.481 e. The number of hydrogen-bond donors (Lipinski definition) is 8. The van der Waals surface area contributed by atoms with Gasteiger partial charge in [-0.15, -0.1) is 0 Å². The molecule has 0 rings (SSSR count). The van der Waals surface area contributed by atoms with E-state index >= 15 is 0 Å². The Morgan fingerprint density at radius 2 is 1.41 bits per heavy atom. The van der Waals surface area contributed by atoms with E-state index in [1.165, 1.54) is 0 Å². The summed E-state index contributed by atoms with van der Waals surface area (Å²) >= 11 is 3.88. The fraction of sp³-hybridized carbons (Fsp3) is 0.538. The van der Waals surface area contributed by atoms with Crippen molar-refractivity contribution in [2.24, 2.45) is 11.5 Å². The van der Waals surface area contributed by atoms with Crippen molar-refractivity contribution in [1.29, 1.82) is 0 Å². The van der Waals surface area contributed by atoms with Gasteiger partial charge < -0.3 is 37.6 Å². The molecule has 3 unspecified atom stereocenters. The highest BCUT2D eigenvalue weighted by Crippen LogP contribution is 1.98. The molecule has 0 aliphatic rings. The molecule has 13 nitrogen and oxygen atoms in total. The maximum atomic E-state index is 12.2. The second kappa shape index (κ2) is 11.7. The van der Waals surface area contributed by atoms with Gasteiger partial charge in [0.2, 0.25) is 23.6 Å². The molecule has 9 N–H and O–H groups in total. The number of carboxylic acid groups (broad SMARTS) is 2. The van der Waals surface area contributed by atoms with Crippen molar-refractivity contribution in [3.8, 4) is 0 Å². The predicted molar refractivity (Wildman–Crippen MR) is 92.4 cm³/mol. The molecule has 0 aromatic heterocycles. The van der Waals surface area contributed by atoms with Crippen LogP contribution < -0.4 is 27.4 Å². The lowest BCUT2D eigenvalue weighted by Crippen LogP contribution is -2.57. The predicted octanol–water partition coefficient (Wildman–Crippen LogP) is -4.24. The summed E-state index contributed by atoms with van der Waals surface area (Å²) in [6.45, 7) is -0.749. The molecule has 0 aliphatic heterocycles. The van der Waals surface area contributed by atoms with Gasteiger partial charge in [0.1, 0.15) is 18.6 Å². The SMILES string of the molecule is NC(=O)CC(NC(=O)C(CS)NC(=O)C(N)CC(=O)O)C(=O)NCC(=O)O. The van der Waals surface area contributed by atoms with Gasteiger partial charge in [-0.1, -0.05) is 0 Å². The van der Waals surface area contributed by atoms with Gasteiger partial charge in [0.15, 0.2) is 0 Å². The molecular formula is C13H21N5O8S. The van der Waals surface area contributed by atoms with Crippen LogP contribution in [-0.4, -0.2) is 76.2 Å². The van der Waals surface area contributed by atoms with Crippen molar-refractivity contribution < 1.29 is 39.0 Å². The number of nitrogens with two attached hydrogens (primary N) is 2. The minimum atomic E-state index is -1.48. The summed E-state index contributed by atoms with van der Waals surface area (Å²) in [7, 11) is 0. The highest BCUT2D eigenvalue weighted by atomic mass is 32.1. The van der Waals surface area contributed by atoms with Gasteiger partial charge in [-0.25, -0.2) is 0 Å². The Labute approximate surface area is 158 Å². The number of carbonyl (C=O) groups excluding carboxylic acids is 4. The number of thiol groups is 1. The standard InChI is InChI=1S/C13H21N5O8S/c14-5(1-9(20)21)11(24)18-7(4-27)13(26)17-6(2-8(15)19)12(25)16-3-10(22)23/h5-7,27H,1-4,14H2,(H2,15,19)(H,16,25)(H,17,26)(H,18,24)(H,20,21)(H,22,23). The summed E-state index contributed by atoms with van der Waals surface area (Å²) in [6.07, 6.45) is -1.29. The Morgan fingerprint density at radius 1 is 0.852 bits per heavy atom. The van der Waals surface area contributed by atoms with Crippen LogP contribution in [0.4, 0.5) is 0 Å². The molecule has 3 atom stereocenters. The maximum Gasteiger partial charge on any atom is 0.322 e. The molecule has 4 amide bonds. The van der Waals surface area contributed by atoms with E-state index in [1.807, 2.05) is 5.32 Å². The van der Waals surface area contributed by atoms with Crippen LogP contribution in [0, 0.1) is 0 Å². The van der Waals surface area contributed by atoms with E-state index in [9.17, 15) is 28.8 Å². The molecule has 0 heterocycles. The average Bonchev–Trinajstić information content (AvgIpc) is 2.55. The number of carboxylic acids is 2. The molecule has 0 aromatic carbocycles. The van der Waals surface area contributed by atoms with Gasteiger partial charge in [0, 0.05) is 5.75 Å². The Balaban J connectivity index is 5.00. The van der Waals surface area contributed by atoms with Gasteiger partial charge in [-0.3, -0.25) is 28.8 Å². The number of carbonyl (C=O) groups is 6. The highest BCUT2D eigenvalue weighted by Gasteiger charge is 2.29. The molecule has 27 heavy (non-hydrogen) atoms. The van der Waals surface area contributed by atoms with E-state index in [4.69, 9.17) is 21.7 Å². The smallest absolute Gasteiger partial charge is 0.322 e. The molecule has 0 saturated heterocycles. The molecule has 0 aromatic rings. The molecule has 14 heteroatoms. The van der Waals surface area contributed by atoms with Crippen molar-refractivity contribution in [2.75, 3.05) is 12.3 Å². The third-order valence-corrected chi connectivity index (χ3v) is 3.36. The van der Waals surface area contributed by atoms with Gasteiger partial charge in [0.05, 0.1) is 18.9 Å². The second-order valence-electron chi connectivity index (χ2n) is 5.29. The van der Waals surface area contributed by atoms with Gasteiger partial charge in [-0.05, 0) is 0 Å². The monoisotopic (exact) mass is 407 g/mol. The summed E-state index contributed by atoms with van der Waals surface area (Å²) < 4.78 is 0. The fourth-order valence-electron chi connectivity index (χ4n) is 1.72. The number of primary amides is 1. The van der Waals surface area contributed by atoms with Crippen LogP contribution >= 0.6 is 12.6 Å². The Bertz CT molecular complexity index is 614. The normalized spacial score (nSPS) is 13.6. The van der Waals surface area contributed by atoms with Crippen LogP contribution in [0.1, 0.15) is 12.8 Å². The lowest BCUT2D eigenvalue weighted by molar-refractivity contribution is -0.139. The molecule has 0 bridgehead atoms. The number of nitrogens with one attached hydrogen (secondary N) is 3. The Hall–Kier alpha value is -2.87. The maximum absolute atomic E-state index is 12.2. The topological polar surface area (TPSA) is 231 Å². The van der Waals surface area contributed by atoms with E-state index in [0.717, 1.165) is 0 Å². The first-order valence-electron chi connectivity index (χ1n) is 7.44. The molecule has 0 aliphatic carbocycles. The van der Waals surface area contributed by atoms with E-state index < -0.39 is 73.1 Å². The van der Waals surface area contributed by atoms with Crippen molar-refractivity contribution >= 4 is 48.2 Å². The Kier molecular flexibility index (Phi) is 10.4. The van der Waals surface area contributed by atoms with Crippen molar-refractivity contribution in [3.05, 3.63) is 0 Å². The van der Waals surface area contributed by atoms with E-state index in [-0.39, 0.29) is 5.75 Å². The molecular weight excluding hydrogens is 386 g/mol. The third-order valence-electron chi connectivity index (χ3n) is 3.00. The molecule has 0 saturated carbocycles. The van der Waals surface area contributed by atoms with E-state index in [2.05, 4.69) is 23.3 Å². The lowest BCUT2D eigenvalue weighted by Gasteiger charge is -2.22. The summed E-state index contributed by atoms with van der Waals surface area (Å²) in [6, 6.07) is -4.21. The van der Waals surface area contributed by atoms with Crippen LogP contribution in [0.15, 0.2) is 0 Å². The highest BCUT2D eigenvalue weighted by molar-refractivity contribution is 7.80. The summed E-state index contributed by atoms with van der Waals surface area (Å²) in [5, 5.41) is 23.4. The van der Waals surface area contributed by atoms with Crippen molar-refractivity contribution in [3.63, 3.8) is 0 Å². The van der Waals surface area contributed by atoms with Crippen molar-refractivity contribution in [2.45, 2.75) is 31.0 Å². The molecule has 0 fully saturated rings. The lowest BCUT2D eigenvalue weighted by atomic mass is 10.1. The molecule has 0 spiro atoms. The Morgan fingerprint density at radius 3 is 1.85 bits per heavy atom. The number of rotatable bonds is 12. The van der Waals surface area contributed by atoms with Crippen LogP contribution in [0.5, 0.6) is 0 Å². The van der Waals surface area contributed by atoms with Crippen LogP contribution in [0.25, 0.3) is 0 Å². The first kappa shape index (κ1) is 24.1. The van der Waals surface area contributed by atoms with Crippen LogP contribution in [-0.2, 0) is 28.8 Å². The zero-order valence-corrected chi connectivity index (χ0v) is 14.9. The quantitative estimate of drug-likeness (QED) is 0.146. The fourth-order valence-corrected chi connectivity index (χ4v) is 1.98. The molecule has 0 radical (unpaired) electrons. The van der Waals surface area contributed by atoms with Gasteiger partial charge in [-0.2, -0.15) is 12.6 Å². The van der Waals surface area contributed by atoms with E-state index in [0.29, 0.717) is 0 Å². The zero-order chi connectivity index (χ0) is 21.1. The summed E-state index contributed by atoms with van der Waals surface area (Å²) in [4.78, 5) is 68.0. The average molecular weight is 407 g/mol. The molecule has 152 valence electrons. The third kappa shape index (κ3) is 10.0. The number of aliphatic carboxylic acids is 2. The van der Waals surface area contributed by atoms with Gasteiger partial charge >= 0.3 is 11.9 Å². The number of amides is 4. The second-order valence-corrected chi connectivity index (χ2v) is 5.66. The van der Waals surface area contributed by atoms with Gasteiger partial charge in [0.25, 0.3) is 0 Å². The minimum absolute atomic E-state index is 0.239. The van der Waals surface area contributed by atoms with Crippen molar-refractivity contribution in [1.82, 2.24) is 16.0 Å².